The summed E-state index contributed by atoms with van der Waals surface area (Å²) in [6.45, 7) is 15.5. The lowest BCUT2D eigenvalue weighted by atomic mass is 9.75. The third kappa shape index (κ3) is 12.3. The number of anilines is 1. The molecule has 15 nitrogen and oxygen atoms in total. The van der Waals surface area contributed by atoms with E-state index in [9.17, 15) is 43.5 Å². The van der Waals surface area contributed by atoms with Crippen LogP contribution < -0.4 is 21.3 Å². The van der Waals surface area contributed by atoms with Crippen LogP contribution in [0.15, 0.2) is 36.4 Å². The van der Waals surface area contributed by atoms with E-state index in [4.69, 9.17) is 4.74 Å². The molecular formula is C38H56N5O10+. The van der Waals surface area contributed by atoms with E-state index in [-0.39, 0.29) is 49.6 Å². The van der Waals surface area contributed by atoms with Crippen LogP contribution in [0.4, 0.5) is 5.69 Å². The van der Waals surface area contributed by atoms with Gasteiger partial charge in [-0.1, -0.05) is 53.7 Å². The van der Waals surface area contributed by atoms with Crippen molar-refractivity contribution in [2.45, 2.75) is 118 Å². The predicted octanol–water partition coefficient (Wildman–Crippen LogP) is 2.97. The maximum atomic E-state index is 13.5. The first-order chi connectivity index (χ1) is 24.4. The molecule has 1 aliphatic heterocycles. The van der Waals surface area contributed by atoms with E-state index < -0.39 is 75.5 Å². The molecule has 0 bridgehead atoms. The van der Waals surface area contributed by atoms with Gasteiger partial charge in [-0.2, -0.15) is 4.48 Å². The predicted molar refractivity (Wildman–Crippen MR) is 195 cm³/mol. The fraction of sp³-hybridized carbons (Fsp3) is 0.579. The summed E-state index contributed by atoms with van der Waals surface area (Å²) in [6, 6.07) is 3.18. The maximum absolute atomic E-state index is 13.5. The van der Waals surface area contributed by atoms with Gasteiger partial charge in [-0.05, 0) is 56.2 Å². The Kier molecular flexibility index (Phi) is 15.2. The minimum absolute atomic E-state index is 0.0839. The lowest BCUT2D eigenvalue weighted by Gasteiger charge is -2.43. The van der Waals surface area contributed by atoms with Crippen LogP contribution in [-0.4, -0.2) is 87.7 Å². The number of carboxylic acid groups (broad SMARTS) is 1. The van der Waals surface area contributed by atoms with Crippen molar-refractivity contribution in [3.63, 3.8) is 0 Å². The highest BCUT2D eigenvalue weighted by molar-refractivity contribution is 6.04. The van der Waals surface area contributed by atoms with Crippen molar-refractivity contribution < 1.29 is 52.7 Å². The van der Waals surface area contributed by atoms with E-state index in [0.717, 1.165) is 5.56 Å². The van der Waals surface area contributed by atoms with Gasteiger partial charge in [0.15, 0.2) is 0 Å². The van der Waals surface area contributed by atoms with Crippen LogP contribution >= 0.6 is 0 Å². The molecule has 1 aromatic carbocycles. The van der Waals surface area contributed by atoms with E-state index in [0.29, 0.717) is 5.69 Å². The number of carboxylic acids is 1. The molecule has 0 aliphatic carbocycles. The largest absolute Gasteiger partial charge is 0.481 e. The molecule has 0 aromatic heterocycles. The third-order valence-corrected chi connectivity index (χ3v) is 9.38. The number of rotatable bonds is 19. The van der Waals surface area contributed by atoms with Gasteiger partial charge in [0, 0.05) is 24.9 Å². The monoisotopic (exact) mass is 742 g/mol. The lowest BCUT2D eigenvalue weighted by molar-refractivity contribution is -0.806. The van der Waals surface area contributed by atoms with Crippen LogP contribution in [0.25, 0.3) is 0 Å². The Morgan fingerprint density at radius 2 is 1.38 bits per heavy atom. The molecule has 0 saturated heterocycles. The van der Waals surface area contributed by atoms with Gasteiger partial charge in [0.2, 0.25) is 23.6 Å². The van der Waals surface area contributed by atoms with Gasteiger partial charge >= 0.3 is 23.8 Å². The zero-order chi connectivity index (χ0) is 40.5. The average Bonchev–Trinajstić information content (AvgIpc) is 3.32. The Morgan fingerprint density at radius 3 is 1.89 bits per heavy atom. The van der Waals surface area contributed by atoms with Crippen molar-refractivity contribution in [2.75, 3.05) is 12.4 Å². The van der Waals surface area contributed by atoms with Crippen molar-refractivity contribution in [1.82, 2.24) is 16.0 Å². The second-order valence-corrected chi connectivity index (χ2v) is 15.8. The van der Waals surface area contributed by atoms with E-state index in [1.165, 1.54) is 26.1 Å². The van der Waals surface area contributed by atoms with Gasteiger partial charge in [0.05, 0.1) is 25.1 Å². The molecule has 15 heteroatoms. The summed E-state index contributed by atoms with van der Waals surface area (Å²) < 4.78 is 4.73. The number of hydrogen-bond acceptors (Lipinski definition) is 9. The zero-order valence-electron chi connectivity index (χ0n) is 32.5. The molecule has 3 atom stereocenters. The van der Waals surface area contributed by atoms with Gasteiger partial charge in [-0.3, -0.25) is 28.8 Å². The van der Waals surface area contributed by atoms with Crippen LogP contribution in [0.1, 0.15) is 93.6 Å². The summed E-state index contributed by atoms with van der Waals surface area (Å²) in [7, 11) is 1.54. The number of nitrogens with zero attached hydrogens (tertiary/aromatic N) is 1. The van der Waals surface area contributed by atoms with Gasteiger partial charge < -0.3 is 31.1 Å². The Morgan fingerprint density at radius 1 is 0.811 bits per heavy atom. The van der Waals surface area contributed by atoms with Gasteiger partial charge in [0.25, 0.3) is 0 Å². The highest BCUT2D eigenvalue weighted by atomic mass is 16.5. The fourth-order valence-corrected chi connectivity index (χ4v) is 6.17. The Bertz CT molecular complexity index is 1580. The molecule has 1 aliphatic rings. The summed E-state index contributed by atoms with van der Waals surface area (Å²) in [5.41, 5.74) is -0.477. The first-order valence-electron chi connectivity index (χ1n) is 17.7. The minimum atomic E-state index is -1.30. The zero-order valence-corrected chi connectivity index (χ0v) is 32.5. The van der Waals surface area contributed by atoms with Crippen molar-refractivity contribution in [1.29, 1.82) is 0 Å². The van der Waals surface area contributed by atoms with Gasteiger partial charge in [-0.15, -0.1) is 0 Å². The molecule has 1 aromatic rings. The first kappa shape index (κ1) is 44.2. The smallest absolute Gasteiger partial charge is 0.346 e. The van der Waals surface area contributed by atoms with E-state index in [1.807, 2.05) is 0 Å². The molecule has 5 N–H and O–H groups in total. The number of hydrogen-bond donors (Lipinski definition) is 5. The Labute approximate surface area is 311 Å². The number of carbonyl (C=O) groups is 8. The number of esters is 1. The number of imide groups is 1. The number of nitrogens with one attached hydrogen (secondary N) is 4. The summed E-state index contributed by atoms with van der Waals surface area (Å²) in [6.07, 6.45) is 1.95. The van der Waals surface area contributed by atoms with E-state index >= 15 is 0 Å². The molecule has 53 heavy (non-hydrogen) atoms. The highest BCUT2D eigenvalue weighted by Crippen LogP contribution is 2.39. The Balaban J connectivity index is 2.07. The van der Waals surface area contributed by atoms with Crippen LogP contribution in [0.2, 0.25) is 0 Å². The van der Waals surface area contributed by atoms with Crippen molar-refractivity contribution in [2.24, 2.45) is 17.3 Å². The number of ether oxygens (including phenoxy) is 1. The molecular weight excluding hydrogens is 686 g/mol. The second-order valence-electron chi connectivity index (χ2n) is 15.8. The molecule has 1 heterocycles. The number of likely N-dealkylation sites (N-methyl/N-ethyl adjacent to an activating group) is 1. The molecule has 0 saturated carbocycles. The number of quaternary nitrogens is 1. The number of aliphatic carboxylic acids is 1. The number of amides is 6. The lowest BCUT2D eigenvalue weighted by Crippen LogP contribution is -2.63. The van der Waals surface area contributed by atoms with Crippen LogP contribution in [-0.2, 0) is 49.7 Å². The summed E-state index contributed by atoms with van der Waals surface area (Å²) in [5.74, 6) is -5.49. The first-order valence-corrected chi connectivity index (χ1v) is 17.7. The molecule has 0 radical (unpaired) electrons. The van der Waals surface area contributed by atoms with Crippen LogP contribution in [0, 0.1) is 17.3 Å². The quantitative estimate of drug-likeness (QED) is 0.0794. The van der Waals surface area contributed by atoms with Crippen molar-refractivity contribution in [3.8, 4) is 0 Å². The second kappa shape index (κ2) is 18.2. The van der Waals surface area contributed by atoms with Crippen LogP contribution in [0.3, 0.4) is 0 Å². The standard InChI is InChI=1S/C38H55N5O10/c1-22(2)32(35(51)39-24(5)33(49)40-26-13-11-25(12-14-26)20-53-36(52)23(3)4)42-34(50)27(15-18-31(47)48)41-28(44)19-37(6,7)21-38(8,9)43(10)29(45)16-17-30(43)46/h11-14,16-17,22-24,27,32H,15,18-21H2,1-10H3,(H4-,39,40,41,42,44,47,48,49,50,51)/p+1/t24-,27-,32-/m0/s1. The number of carbonyl (C=O) groups excluding carboxylic acids is 7. The normalized spacial score (nSPS) is 15.8. The molecule has 2 rings (SSSR count). The summed E-state index contributed by atoms with van der Waals surface area (Å²) >= 11 is 0. The third-order valence-electron chi connectivity index (χ3n) is 9.38. The molecule has 6 amide bonds. The topological polar surface area (TPSA) is 214 Å². The van der Waals surface area contributed by atoms with Gasteiger partial charge in [-0.25, -0.2) is 9.59 Å². The van der Waals surface area contributed by atoms with E-state index in [2.05, 4.69) is 21.3 Å². The number of benzene rings is 1. The molecule has 0 unspecified atom stereocenters. The fourth-order valence-electron chi connectivity index (χ4n) is 6.17. The molecule has 0 fully saturated rings. The molecule has 292 valence electrons. The average molecular weight is 743 g/mol. The summed E-state index contributed by atoms with van der Waals surface area (Å²) in [4.78, 5) is 102. The summed E-state index contributed by atoms with van der Waals surface area (Å²) in [5, 5.41) is 19.9. The molecule has 0 spiro atoms. The van der Waals surface area contributed by atoms with Gasteiger partial charge in [0.1, 0.15) is 30.3 Å². The van der Waals surface area contributed by atoms with Crippen molar-refractivity contribution >= 4 is 53.1 Å². The van der Waals surface area contributed by atoms with E-state index in [1.54, 1.807) is 79.7 Å². The maximum Gasteiger partial charge on any atom is 0.346 e. The Hall–Kier alpha value is -4.92. The van der Waals surface area contributed by atoms with Crippen LogP contribution in [0.5, 0.6) is 0 Å². The van der Waals surface area contributed by atoms with Crippen molar-refractivity contribution in [3.05, 3.63) is 42.0 Å². The minimum Gasteiger partial charge on any atom is -0.481 e. The highest BCUT2D eigenvalue weighted by Gasteiger charge is 2.55. The SMILES string of the molecule is CC(C)C(=O)OCc1ccc(NC(=O)[C@H](C)NC(=O)[C@@H](NC(=O)[C@H](CCC(=O)O)NC(=O)CC(C)(C)CC(C)(C)[N+]2(C)C(=O)C=CC2=O)C(C)C)cc1.